The average Bonchev–Trinajstić information content (AvgIpc) is 3.22. The van der Waals surface area contributed by atoms with Crippen LogP contribution in [-0.2, 0) is 25.6 Å². The van der Waals surface area contributed by atoms with Gasteiger partial charge in [-0.25, -0.2) is 4.79 Å². The first-order valence-corrected chi connectivity index (χ1v) is 12.8. The van der Waals surface area contributed by atoms with Crippen LogP contribution in [0.1, 0.15) is 90.5 Å². The average molecular weight is 462 g/mol. The minimum Gasteiger partial charge on any atom is -0.445 e. The number of benzene rings is 1. The van der Waals surface area contributed by atoms with Gasteiger partial charge in [-0.2, -0.15) is 0 Å². The molecule has 0 aromatic heterocycles. The van der Waals surface area contributed by atoms with E-state index in [1.165, 1.54) is 0 Å². The lowest BCUT2D eigenvalue weighted by molar-refractivity contribution is -0.131. The highest BCUT2D eigenvalue weighted by atomic mass is 16.7. The third-order valence-electron chi connectivity index (χ3n) is 6.27. The quantitative estimate of drug-likeness (QED) is 0.215. The number of carbonyl (C=O) groups excluding carboxylic acids is 2. The molecule has 0 radical (unpaired) electrons. The van der Waals surface area contributed by atoms with E-state index >= 15 is 0 Å². The van der Waals surface area contributed by atoms with Gasteiger partial charge in [-0.1, -0.05) is 50.1 Å². The van der Waals surface area contributed by atoms with E-state index in [-0.39, 0.29) is 30.3 Å². The fourth-order valence-corrected chi connectivity index (χ4v) is 4.52. The van der Waals surface area contributed by atoms with Crippen LogP contribution >= 0.6 is 0 Å². The summed E-state index contributed by atoms with van der Waals surface area (Å²) in [5, 5.41) is 0. The molecule has 1 aromatic rings. The van der Waals surface area contributed by atoms with Gasteiger partial charge in [0.25, 0.3) is 0 Å². The van der Waals surface area contributed by atoms with Crippen molar-refractivity contribution in [3.63, 3.8) is 0 Å². The van der Waals surface area contributed by atoms with Crippen molar-refractivity contribution >= 4 is 11.9 Å². The molecule has 2 rings (SSSR count). The summed E-state index contributed by atoms with van der Waals surface area (Å²) in [6, 6.07) is 10.2. The smallest absolute Gasteiger partial charge is 0.410 e. The molecule has 0 N–H and O–H groups in total. The summed E-state index contributed by atoms with van der Waals surface area (Å²) in [5.41, 5.74) is 0.997. The predicted molar refractivity (Wildman–Crippen MR) is 130 cm³/mol. The summed E-state index contributed by atoms with van der Waals surface area (Å²) >= 11 is 0. The van der Waals surface area contributed by atoms with E-state index < -0.39 is 0 Å². The zero-order valence-electron chi connectivity index (χ0n) is 20.8. The highest BCUT2D eigenvalue weighted by Gasteiger charge is 2.37. The molecule has 1 fully saturated rings. The first kappa shape index (κ1) is 27.3. The molecule has 0 bridgehead atoms. The number of rotatable bonds is 16. The van der Waals surface area contributed by atoms with Crippen molar-refractivity contribution < 1.29 is 23.8 Å². The zero-order chi connectivity index (χ0) is 23.9. The monoisotopic (exact) mass is 461 g/mol. The Hall–Kier alpha value is -1.92. The van der Waals surface area contributed by atoms with Crippen LogP contribution in [0.3, 0.4) is 0 Å². The molecule has 0 aliphatic carbocycles. The van der Waals surface area contributed by atoms with Crippen molar-refractivity contribution in [1.29, 1.82) is 0 Å². The van der Waals surface area contributed by atoms with Crippen LogP contribution in [-0.4, -0.2) is 48.4 Å². The third-order valence-corrected chi connectivity index (χ3v) is 6.27. The van der Waals surface area contributed by atoms with Crippen LogP contribution in [0.4, 0.5) is 4.79 Å². The van der Waals surface area contributed by atoms with Gasteiger partial charge in [0.1, 0.15) is 12.4 Å². The fourth-order valence-electron chi connectivity index (χ4n) is 4.52. The van der Waals surface area contributed by atoms with Crippen LogP contribution in [0.5, 0.6) is 0 Å². The largest absolute Gasteiger partial charge is 0.445 e. The maximum atomic E-state index is 13.0. The van der Waals surface area contributed by atoms with E-state index in [2.05, 4.69) is 6.92 Å². The molecule has 186 valence electrons. The maximum absolute atomic E-state index is 13.0. The Kier molecular flexibility index (Phi) is 13.1. The molecule has 1 aromatic carbocycles. The summed E-state index contributed by atoms with van der Waals surface area (Å²) in [5.74, 6) is 0.265. The lowest BCUT2D eigenvalue weighted by Crippen LogP contribution is -2.41. The van der Waals surface area contributed by atoms with Crippen molar-refractivity contribution in [2.24, 2.45) is 0 Å². The maximum Gasteiger partial charge on any atom is 0.410 e. The van der Waals surface area contributed by atoms with Crippen molar-refractivity contribution in [3.05, 3.63) is 35.9 Å². The molecule has 1 amide bonds. The minimum absolute atomic E-state index is 0.165. The van der Waals surface area contributed by atoms with Crippen LogP contribution in [0.2, 0.25) is 0 Å². The summed E-state index contributed by atoms with van der Waals surface area (Å²) in [6.45, 7) is 7.44. The van der Waals surface area contributed by atoms with E-state index in [9.17, 15) is 9.59 Å². The number of ketones is 1. The molecule has 1 unspecified atom stereocenters. The van der Waals surface area contributed by atoms with Crippen LogP contribution < -0.4 is 0 Å². The van der Waals surface area contributed by atoms with Gasteiger partial charge in [0.15, 0.2) is 6.29 Å². The Balaban J connectivity index is 1.76. The molecular formula is C27H43NO5. The second-order valence-corrected chi connectivity index (χ2v) is 8.90. The van der Waals surface area contributed by atoms with Crippen molar-refractivity contribution in [3.8, 4) is 0 Å². The van der Waals surface area contributed by atoms with Crippen molar-refractivity contribution in [2.45, 2.75) is 110 Å². The van der Waals surface area contributed by atoms with Gasteiger partial charge in [0.2, 0.25) is 0 Å². The molecule has 6 nitrogen and oxygen atoms in total. The van der Waals surface area contributed by atoms with E-state index in [1.54, 1.807) is 0 Å². The number of carbonyl (C=O) groups is 2. The number of Topliss-reactive ketones (excluding diaryl/α,β-unsaturated/α-hetero) is 1. The van der Waals surface area contributed by atoms with Gasteiger partial charge in [-0.05, 0) is 57.9 Å². The van der Waals surface area contributed by atoms with Crippen molar-refractivity contribution in [1.82, 2.24) is 4.90 Å². The minimum atomic E-state index is -0.222. The SMILES string of the molecule is CCCC[C@@H]1CC[C@@H](CCCC(=O)CCCOC(C)OCC)N1C(=O)OCc1ccccc1. The van der Waals surface area contributed by atoms with E-state index in [4.69, 9.17) is 14.2 Å². The fraction of sp³-hybridized carbons (Fsp3) is 0.704. The molecular weight excluding hydrogens is 418 g/mol. The highest BCUT2D eigenvalue weighted by Crippen LogP contribution is 2.31. The molecule has 1 aliphatic rings. The molecule has 33 heavy (non-hydrogen) atoms. The second kappa shape index (κ2) is 15.8. The zero-order valence-corrected chi connectivity index (χ0v) is 20.8. The Bertz CT molecular complexity index is 680. The topological polar surface area (TPSA) is 65.1 Å². The number of hydrogen-bond acceptors (Lipinski definition) is 5. The number of ether oxygens (including phenoxy) is 3. The number of hydrogen-bond donors (Lipinski definition) is 0. The summed E-state index contributed by atoms with van der Waals surface area (Å²) in [7, 11) is 0. The molecule has 0 saturated carbocycles. The number of amides is 1. The molecule has 3 atom stereocenters. The Morgan fingerprint density at radius 3 is 2.30 bits per heavy atom. The summed E-state index contributed by atoms with van der Waals surface area (Å²) in [4.78, 5) is 27.2. The van der Waals surface area contributed by atoms with Crippen molar-refractivity contribution in [2.75, 3.05) is 13.2 Å². The number of nitrogens with zero attached hydrogens (tertiary/aromatic N) is 1. The van der Waals surface area contributed by atoms with Gasteiger partial charge < -0.3 is 19.1 Å². The van der Waals surface area contributed by atoms with Gasteiger partial charge >= 0.3 is 6.09 Å². The van der Waals surface area contributed by atoms with Crippen LogP contribution in [0.25, 0.3) is 0 Å². The van der Waals surface area contributed by atoms with Gasteiger partial charge in [-0.3, -0.25) is 4.79 Å². The Labute approximate surface area is 200 Å². The first-order valence-electron chi connectivity index (χ1n) is 12.8. The highest BCUT2D eigenvalue weighted by molar-refractivity contribution is 5.78. The molecule has 1 heterocycles. The lowest BCUT2D eigenvalue weighted by Gasteiger charge is -2.30. The molecule has 6 heteroatoms. The third kappa shape index (κ3) is 10.3. The van der Waals surface area contributed by atoms with Crippen LogP contribution in [0, 0.1) is 0 Å². The van der Waals surface area contributed by atoms with Gasteiger partial charge in [0, 0.05) is 31.5 Å². The lowest BCUT2D eigenvalue weighted by atomic mass is 10.0. The molecule has 0 spiro atoms. The Morgan fingerprint density at radius 2 is 1.64 bits per heavy atom. The van der Waals surface area contributed by atoms with E-state index in [0.29, 0.717) is 32.7 Å². The predicted octanol–water partition coefficient (Wildman–Crippen LogP) is 6.27. The first-order chi connectivity index (χ1) is 16.0. The summed E-state index contributed by atoms with van der Waals surface area (Å²) < 4.78 is 16.5. The second-order valence-electron chi connectivity index (χ2n) is 8.90. The Morgan fingerprint density at radius 1 is 0.970 bits per heavy atom. The number of likely N-dealkylation sites (tertiary alicyclic amines) is 1. The number of unbranched alkanes of at least 4 members (excludes halogenated alkanes) is 1. The summed E-state index contributed by atoms with van der Waals surface area (Å²) in [6.07, 6.45) is 8.31. The molecule has 1 saturated heterocycles. The molecule has 1 aliphatic heterocycles. The van der Waals surface area contributed by atoms with Gasteiger partial charge in [-0.15, -0.1) is 0 Å². The van der Waals surface area contributed by atoms with Crippen LogP contribution in [0.15, 0.2) is 30.3 Å². The van der Waals surface area contributed by atoms with E-state index in [1.807, 2.05) is 49.1 Å². The van der Waals surface area contributed by atoms with Gasteiger partial charge in [0.05, 0.1) is 6.61 Å². The van der Waals surface area contributed by atoms with E-state index in [0.717, 1.165) is 56.9 Å². The standard InChI is InChI=1S/C27H43NO5/c1-4-6-14-24-18-19-25(28(24)27(30)33-21-23-12-8-7-9-13-23)15-10-16-26(29)17-11-20-32-22(3)31-5-2/h7-9,12-13,22,24-25H,4-6,10-11,14-21H2,1-3H3/t22?,24-,25-/m1/s1. The normalized spacial score (nSPS) is 18.9.